The van der Waals surface area contributed by atoms with Gasteiger partial charge in [0.25, 0.3) is 0 Å². The van der Waals surface area contributed by atoms with Gasteiger partial charge in [0.15, 0.2) is 5.82 Å². The van der Waals surface area contributed by atoms with Gasteiger partial charge in [0.2, 0.25) is 5.95 Å². The monoisotopic (exact) mass is 213 g/mol. The smallest absolute Gasteiger partial charge is 0.309 e. The molecule has 5 heteroatoms. The summed E-state index contributed by atoms with van der Waals surface area (Å²) >= 11 is 0. The first-order chi connectivity index (χ1) is 7.13. The van der Waals surface area contributed by atoms with E-state index in [-0.39, 0.29) is 6.42 Å². The van der Waals surface area contributed by atoms with Gasteiger partial charge < -0.3 is 4.74 Å². The number of halogens is 2. The van der Waals surface area contributed by atoms with Crippen molar-refractivity contribution in [3.63, 3.8) is 0 Å². The van der Waals surface area contributed by atoms with Gasteiger partial charge in [-0.25, -0.2) is 9.37 Å². The summed E-state index contributed by atoms with van der Waals surface area (Å²) in [6, 6.07) is 0.996. The number of methoxy groups -OCH3 is 1. The summed E-state index contributed by atoms with van der Waals surface area (Å²) in [6.45, 7) is 0. The van der Waals surface area contributed by atoms with Gasteiger partial charge in [-0.05, 0) is 11.6 Å². The van der Waals surface area contributed by atoms with Crippen LogP contribution in [0.5, 0.6) is 0 Å². The van der Waals surface area contributed by atoms with Crippen molar-refractivity contribution in [2.24, 2.45) is 0 Å². The van der Waals surface area contributed by atoms with Crippen LogP contribution in [0.25, 0.3) is 6.08 Å². The van der Waals surface area contributed by atoms with Crippen molar-refractivity contribution in [3.05, 3.63) is 35.7 Å². The highest BCUT2D eigenvalue weighted by Gasteiger charge is 2.01. The van der Waals surface area contributed by atoms with Crippen LogP contribution in [0.3, 0.4) is 0 Å². The predicted octanol–water partition coefficient (Wildman–Crippen LogP) is 1.94. The van der Waals surface area contributed by atoms with Crippen LogP contribution in [-0.4, -0.2) is 18.1 Å². The van der Waals surface area contributed by atoms with Crippen LogP contribution in [0.4, 0.5) is 8.78 Å². The molecule has 1 rings (SSSR count). The second kappa shape index (κ2) is 5.19. The second-order valence-electron chi connectivity index (χ2n) is 2.72. The third-order valence-electron chi connectivity index (χ3n) is 1.64. The van der Waals surface area contributed by atoms with Gasteiger partial charge in [-0.15, -0.1) is 0 Å². The lowest BCUT2D eigenvalue weighted by atomic mass is 10.2. The van der Waals surface area contributed by atoms with Gasteiger partial charge in [0, 0.05) is 6.20 Å². The van der Waals surface area contributed by atoms with Crippen molar-refractivity contribution >= 4 is 12.0 Å². The summed E-state index contributed by atoms with van der Waals surface area (Å²) in [5, 5.41) is 0. The largest absolute Gasteiger partial charge is 0.469 e. The fraction of sp³-hybridized carbons (Fsp3) is 0.200. The van der Waals surface area contributed by atoms with E-state index < -0.39 is 17.7 Å². The maximum absolute atomic E-state index is 12.7. The third kappa shape index (κ3) is 3.46. The maximum Gasteiger partial charge on any atom is 0.309 e. The van der Waals surface area contributed by atoms with E-state index in [1.54, 1.807) is 0 Å². The predicted molar refractivity (Wildman–Crippen MR) is 49.8 cm³/mol. The first kappa shape index (κ1) is 11.3. The third-order valence-corrected chi connectivity index (χ3v) is 1.64. The molecule has 0 bridgehead atoms. The molecular formula is C10H9F2NO2. The van der Waals surface area contributed by atoms with E-state index in [2.05, 4.69) is 9.72 Å². The molecule has 0 saturated heterocycles. The van der Waals surface area contributed by atoms with Crippen molar-refractivity contribution in [2.45, 2.75) is 6.42 Å². The summed E-state index contributed by atoms with van der Waals surface area (Å²) in [4.78, 5) is 13.9. The van der Waals surface area contributed by atoms with Gasteiger partial charge in [-0.3, -0.25) is 4.79 Å². The summed E-state index contributed by atoms with van der Waals surface area (Å²) < 4.78 is 29.5. The van der Waals surface area contributed by atoms with Crippen LogP contribution in [0.2, 0.25) is 0 Å². The average Bonchev–Trinajstić information content (AvgIpc) is 2.23. The van der Waals surface area contributed by atoms with Crippen molar-refractivity contribution < 1.29 is 18.3 Å². The van der Waals surface area contributed by atoms with Gasteiger partial charge in [0.1, 0.15) is 0 Å². The molecule has 0 fully saturated rings. The summed E-state index contributed by atoms with van der Waals surface area (Å²) in [5.74, 6) is -2.56. The van der Waals surface area contributed by atoms with Crippen LogP contribution < -0.4 is 0 Å². The minimum Gasteiger partial charge on any atom is -0.469 e. The molecule has 0 N–H and O–H groups in total. The Hall–Kier alpha value is -1.78. The van der Waals surface area contributed by atoms with Crippen LogP contribution in [-0.2, 0) is 9.53 Å². The van der Waals surface area contributed by atoms with E-state index >= 15 is 0 Å². The lowest BCUT2D eigenvalue weighted by Crippen LogP contribution is -1.96. The van der Waals surface area contributed by atoms with Crippen LogP contribution >= 0.6 is 0 Å². The SMILES string of the molecule is COC(=O)CC=Cc1cnc(F)c(F)c1. The molecule has 0 unspecified atom stereocenters. The Labute approximate surface area is 85.4 Å². The number of rotatable bonds is 3. The fourth-order valence-corrected chi connectivity index (χ4v) is 0.902. The van der Waals surface area contributed by atoms with Gasteiger partial charge >= 0.3 is 5.97 Å². The summed E-state index contributed by atoms with van der Waals surface area (Å²) in [7, 11) is 1.27. The molecule has 0 aliphatic rings. The van der Waals surface area contributed by atoms with Gasteiger partial charge in [0.05, 0.1) is 13.5 Å². The molecule has 15 heavy (non-hydrogen) atoms. The number of aromatic nitrogens is 1. The average molecular weight is 213 g/mol. The highest BCUT2D eigenvalue weighted by Crippen LogP contribution is 2.07. The highest BCUT2D eigenvalue weighted by atomic mass is 19.2. The van der Waals surface area contributed by atoms with Crippen LogP contribution in [0.1, 0.15) is 12.0 Å². The van der Waals surface area contributed by atoms with E-state index in [0.717, 1.165) is 6.07 Å². The number of esters is 1. The summed E-state index contributed by atoms with van der Waals surface area (Å²) in [5.41, 5.74) is 0.387. The van der Waals surface area contributed by atoms with Crippen LogP contribution in [0, 0.1) is 11.8 Å². The van der Waals surface area contributed by atoms with Gasteiger partial charge in [-0.2, -0.15) is 4.39 Å². The zero-order chi connectivity index (χ0) is 11.3. The Kier molecular flexibility index (Phi) is 3.91. The number of nitrogens with zero attached hydrogens (tertiary/aromatic N) is 1. The van der Waals surface area contributed by atoms with E-state index in [4.69, 9.17) is 0 Å². The quantitative estimate of drug-likeness (QED) is 0.569. The minimum atomic E-state index is -1.14. The molecule has 0 radical (unpaired) electrons. The van der Waals surface area contributed by atoms with E-state index in [9.17, 15) is 13.6 Å². The first-order valence-electron chi connectivity index (χ1n) is 4.18. The number of ether oxygens (including phenoxy) is 1. The second-order valence-corrected chi connectivity index (χ2v) is 2.72. The Morgan fingerprint density at radius 3 is 2.93 bits per heavy atom. The van der Waals surface area contributed by atoms with E-state index in [1.165, 1.54) is 25.5 Å². The Bertz CT molecular complexity index is 391. The number of hydrogen-bond acceptors (Lipinski definition) is 3. The zero-order valence-corrected chi connectivity index (χ0v) is 8.04. The topological polar surface area (TPSA) is 39.2 Å². The minimum absolute atomic E-state index is 0.0789. The molecule has 80 valence electrons. The van der Waals surface area contributed by atoms with Crippen molar-refractivity contribution in [2.75, 3.05) is 7.11 Å². The van der Waals surface area contributed by atoms with Crippen molar-refractivity contribution in [1.82, 2.24) is 4.98 Å². The number of carbonyl (C=O) groups is 1. The molecule has 0 saturated carbocycles. The Morgan fingerprint density at radius 2 is 2.33 bits per heavy atom. The molecule has 0 spiro atoms. The molecule has 1 heterocycles. The van der Waals surface area contributed by atoms with Crippen molar-refractivity contribution in [3.8, 4) is 0 Å². The molecular weight excluding hydrogens is 204 g/mol. The van der Waals surface area contributed by atoms with Crippen molar-refractivity contribution in [1.29, 1.82) is 0 Å². The highest BCUT2D eigenvalue weighted by molar-refractivity contribution is 5.72. The first-order valence-corrected chi connectivity index (χ1v) is 4.18. The molecule has 0 atom stereocenters. The number of pyridine rings is 1. The Balaban J connectivity index is 2.65. The molecule has 0 aliphatic carbocycles. The Morgan fingerprint density at radius 1 is 1.60 bits per heavy atom. The summed E-state index contributed by atoms with van der Waals surface area (Å²) in [6.07, 6.45) is 4.20. The van der Waals surface area contributed by atoms with Gasteiger partial charge in [-0.1, -0.05) is 12.2 Å². The number of carbonyl (C=O) groups excluding carboxylic acids is 1. The molecule has 1 aromatic rings. The zero-order valence-electron chi connectivity index (χ0n) is 8.04. The fourth-order valence-electron chi connectivity index (χ4n) is 0.902. The standard InChI is InChI=1S/C10H9F2NO2/c1-15-9(14)4-2-3-7-5-8(11)10(12)13-6-7/h2-3,5-6H,4H2,1H3. The van der Waals surface area contributed by atoms with E-state index in [1.807, 2.05) is 0 Å². The molecule has 0 aromatic carbocycles. The van der Waals surface area contributed by atoms with Crippen LogP contribution in [0.15, 0.2) is 18.3 Å². The lowest BCUT2D eigenvalue weighted by molar-refractivity contribution is -0.139. The molecule has 0 aliphatic heterocycles. The maximum atomic E-state index is 12.7. The normalized spacial score (nSPS) is 10.6. The molecule has 0 amide bonds. The number of hydrogen-bond donors (Lipinski definition) is 0. The molecule has 1 aromatic heterocycles. The lowest BCUT2D eigenvalue weighted by Gasteiger charge is -1.95. The van der Waals surface area contributed by atoms with E-state index in [0.29, 0.717) is 5.56 Å². The molecule has 3 nitrogen and oxygen atoms in total.